The van der Waals surface area contributed by atoms with Gasteiger partial charge in [-0.3, -0.25) is 0 Å². The Morgan fingerprint density at radius 2 is 2.15 bits per heavy atom. The highest BCUT2D eigenvalue weighted by atomic mass is 16.7. The van der Waals surface area contributed by atoms with Gasteiger partial charge in [0.05, 0.1) is 0 Å². The summed E-state index contributed by atoms with van der Waals surface area (Å²) < 4.78 is 10.4. The minimum atomic E-state index is 0.120. The summed E-state index contributed by atoms with van der Waals surface area (Å²) in [6.45, 7) is 2.29. The van der Waals surface area contributed by atoms with Crippen LogP contribution in [0.3, 0.4) is 0 Å². The fourth-order valence-corrected chi connectivity index (χ4v) is 1.28. The van der Waals surface area contributed by atoms with Crippen LogP contribution in [0.2, 0.25) is 0 Å². The number of ether oxygens (including phenoxy) is 2. The fourth-order valence-electron chi connectivity index (χ4n) is 1.28. The Balaban J connectivity index is 2.37. The van der Waals surface area contributed by atoms with Crippen molar-refractivity contribution in [1.82, 2.24) is 0 Å². The van der Waals surface area contributed by atoms with Crippen molar-refractivity contribution in [3.05, 3.63) is 23.8 Å². The molecule has 1 heterocycles. The van der Waals surface area contributed by atoms with E-state index in [1.54, 1.807) is 0 Å². The maximum atomic E-state index is 5.33. The number of hydrogen-bond acceptors (Lipinski definition) is 2. The number of benzene rings is 1. The molecular formula is C11H10O2. The molecule has 0 aliphatic carbocycles. The van der Waals surface area contributed by atoms with Crippen LogP contribution in [0.1, 0.15) is 18.4 Å². The maximum Gasteiger partial charge on any atom is 0.231 e. The van der Waals surface area contributed by atoms with Gasteiger partial charge in [-0.25, -0.2) is 0 Å². The Kier molecular flexibility index (Phi) is 1.86. The van der Waals surface area contributed by atoms with Crippen LogP contribution in [0.5, 0.6) is 11.5 Å². The van der Waals surface area contributed by atoms with Crippen LogP contribution in [0.25, 0.3) is 0 Å². The lowest BCUT2D eigenvalue weighted by atomic mass is 10.0. The Hall–Kier alpha value is -1.62. The molecule has 0 saturated carbocycles. The third kappa shape index (κ3) is 1.33. The second-order valence-electron chi connectivity index (χ2n) is 3.00. The van der Waals surface area contributed by atoms with E-state index in [4.69, 9.17) is 15.9 Å². The highest BCUT2D eigenvalue weighted by Gasteiger charge is 2.14. The zero-order chi connectivity index (χ0) is 9.26. The summed E-state index contributed by atoms with van der Waals surface area (Å²) >= 11 is 0. The highest BCUT2D eigenvalue weighted by molar-refractivity contribution is 5.46. The van der Waals surface area contributed by atoms with Crippen molar-refractivity contribution in [3.8, 4) is 23.8 Å². The van der Waals surface area contributed by atoms with Crippen LogP contribution in [0, 0.1) is 12.3 Å². The number of rotatable bonds is 1. The van der Waals surface area contributed by atoms with Gasteiger partial charge >= 0.3 is 0 Å². The Morgan fingerprint density at radius 3 is 2.92 bits per heavy atom. The second-order valence-corrected chi connectivity index (χ2v) is 3.00. The minimum absolute atomic E-state index is 0.120. The molecule has 1 aliphatic rings. The molecule has 1 aliphatic heterocycles. The molecule has 2 nitrogen and oxygen atoms in total. The van der Waals surface area contributed by atoms with Gasteiger partial charge in [-0.15, -0.1) is 6.42 Å². The molecule has 0 aromatic heterocycles. The van der Waals surface area contributed by atoms with Crippen LogP contribution in [-0.4, -0.2) is 6.79 Å². The topological polar surface area (TPSA) is 18.5 Å². The predicted molar refractivity (Wildman–Crippen MR) is 49.8 cm³/mol. The lowest BCUT2D eigenvalue weighted by Crippen LogP contribution is -1.93. The summed E-state index contributed by atoms with van der Waals surface area (Å²) in [6.07, 6.45) is 5.33. The van der Waals surface area contributed by atoms with Gasteiger partial charge in [0.1, 0.15) is 0 Å². The first-order valence-electron chi connectivity index (χ1n) is 4.17. The lowest BCUT2D eigenvalue weighted by Gasteiger charge is -2.04. The summed E-state index contributed by atoms with van der Waals surface area (Å²) in [6, 6.07) is 5.80. The largest absolute Gasteiger partial charge is 0.454 e. The smallest absolute Gasteiger partial charge is 0.231 e. The maximum absolute atomic E-state index is 5.33. The van der Waals surface area contributed by atoms with Gasteiger partial charge in [0.15, 0.2) is 11.5 Å². The van der Waals surface area contributed by atoms with E-state index in [1.165, 1.54) is 0 Å². The molecule has 0 radical (unpaired) electrons. The van der Waals surface area contributed by atoms with Gasteiger partial charge in [0.25, 0.3) is 0 Å². The molecule has 0 saturated heterocycles. The van der Waals surface area contributed by atoms with Gasteiger partial charge in [0.2, 0.25) is 6.79 Å². The van der Waals surface area contributed by atoms with E-state index < -0.39 is 0 Å². The Morgan fingerprint density at radius 1 is 1.38 bits per heavy atom. The van der Waals surface area contributed by atoms with Gasteiger partial charge in [-0.2, -0.15) is 0 Å². The lowest BCUT2D eigenvalue weighted by molar-refractivity contribution is 0.174. The Labute approximate surface area is 77.5 Å². The summed E-state index contributed by atoms with van der Waals surface area (Å²) in [5, 5.41) is 0. The summed E-state index contributed by atoms with van der Waals surface area (Å²) in [5.74, 6) is 4.39. The molecule has 0 spiro atoms. The molecule has 1 atom stereocenters. The van der Waals surface area contributed by atoms with Gasteiger partial charge in [-0.05, 0) is 24.6 Å². The highest BCUT2D eigenvalue weighted by Crippen LogP contribution is 2.34. The molecule has 2 heteroatoms. The van der Waals surface area contributed by atoms with Crippen LogP contribution >= 0.6 is 0 Å². The number of hydrogen-bond donors (Lipinski definition) is 0. The zero-order valence-corrected chi connectivity index (χ0v) is 7.41. The first-order valence-corrected chi connectivity index (χ1v) is 4.17. The molecule has 0 bridgehead atoms. The predicted octanol–water partition coefficient (Wildman–Crippen LogP) is 2.15. The molecule has 1 aromatic rings. The second kappa shape index (κ2) is 3.02. The molecule has 1 unspecified atom stereocenters. The third-order valence-corrected chi connectivity index (χ3v) is 2.15. The van der Waals surface area contributed by atoms with Crippen LogP contribution in [0.4, 0.5) is 0 Å². The minimum Gasteiger partial charge on any atom is -0.454 e. The van der Waals surface area contributed by atoms with Crippen molar-refractivity contribution < 1.29 is 9.47 Å². The van der Waals surface area contributed by atoms with E-state index in [0.29, 0.717) is 6.79 Å². The molecule has 0 amide bonds. The monoisotopic (exact) mass is 174 g/mol. The van der Waals surface area contributed by atoms with Crippen LogP contribution < -0.4 is 9.47 Å². The van der Waals surface area contributed by atoms with E-state index >= 15 is 0 Å². The van der Waals surface area contributed by atoms with Crippen molar-refractivity contribution in [2.75, 3.05) is 6.79 Å². The summed E-state index contributed by atoms with van der Waals surface area (Å²) in [5.41, 5.74) is 1.09. The first-order chi connectivity index (χ1) is 6.31. The summed E-state index contributed by atoms with van der Waals surface area (Å²) in [4.78, 5) is 0. The van der Waals surface area contributed by atoms with E-state index in [-0.39, 0.29) is 5.92 Å². The van der Waals surface area contributed by atoms with Gasteiger partial charge in [-0.1, -0.05) is 12.0 Å². The molecule has 2 rings (SSSR count). The van der Waals surface area contributed by atoms with Crippen LogP contribution in [-0.2, 0) is 0 Å². The van der Waals surface area contributed by atoms with Crippen molar-refractivity contribution >= 4 is 0 Å². The molecular weight excluding hydrogens is 164 g/mol. The standard InChI is InChI=1S/C11H10O2/c1-3-8(2)9-4-5-10-11(6-9)13-7-12-10/h1,4-6,8H,7H2,2H3. The van der Waals surface area contributed by atoms with Crippen molar-refractivity contribution in [2.45, 2.75) is 12.8 Å². The van der Waals surface area contributed by atoms with Crippen molar-refractivity contribution in [3.63, 3.8) is 0 Å². The SMILES string of the molecule is C#CC(C)c1ccc2c(c1)OCO2. The molecule has 13 heavy (non-hydrogen) atoms. The molecule has 66 valence electrons. The van der Waals surface area contributed by atoms with Crippen molar-refractivity contribution in [1.29, 1.82) is 0 Å². The van der Waals surface area contributed by atoms with Gasteiger partial charge in [0, 0.05) is 5.92 Å². The van der Waals surface area contributed by atoms with Crippen molar-refractivity contribution in [2.24, 2.45) is 0 Å². The third-order valence-electron chi connectivity index (χ3n) is 2.15. The average Bonchev–Trinajstić information content (AvgIpc) is 2.63. The molecule has 0 N–H and O–H groups in total. The molecule has 1 aromatic carbocycles. The van der Waals surface area contributed by atoms with E-state index in [9.17, 15) is 0 Å². The van der Waals surface area contributed by atoms with Gasteiger partial charge < -0.3 is 9.47 Å². The molecule has 0 fully saturated rings. The summed E-state index contributed by atoms with van der Waals surface area (Å²) in [7, 11) is 0. The average molecular weight is 174 g/mol. The zero-order valence-electron chi connectivity index (χ0n) is 7.41. The van der Waals surface area contributed by atoms with E-state index in [2.05, 4.69) is 5.92 Å². The normalized spacial score (nSPS) is 15.1. The number of terminal acetylenes is 1. The first kappa shape index (κ1) is 8.00. The number of fused-ring (bicyclic) bond motifs is 1. The Bertz CT molecular complexity index is 363. The fraction of sp³-hybridized carbons (Fsp3) is 0.273. The quantitative estimate of drug-likeness (QED) is 0.607. The van der Waals surface area contributed by atoms with E-state index in [1.807, 2.05) is 25.1 Å². The van der Waals surface area contributed by atoms with Crippen LogP contribution in [0.15, 0.2) is 18.2 Å². The van der Waals surface area contributed by atoms with E-state index in [0.717, 1.165) is 17.1 Å².